The Bertz CT molecular complexity index is 1210. The molecule has 2 aromatic carbocycles. The van der Waals surface area contributed by atoms with Crippen LogP contribution >= 0.6 is 0 Å². The lowest BCUT2D eigenvalue weighted by atomic mass is 10.3. The number of benzene rings is 2. The molecule has 4 rings (SSSR count). The van der Waals surface area contributed by atoms with Gasteiger partial charge in [0.05, 0.1) is 22.2 Å². The number of nitro groups is 1. The van der Waals surface area contributed by atoms with Crippen LogP contribution in [0.3, 0.4) is 0 Å². The van der Waals surface area contributed by atoms with Gasteiger partial charge in [-0.15, -0.1) is 0 Å². The van der Waals surface area contributed by atoms with Gasteiger partial charge < -0.3 is 13.7 Å². The highest BCUT2D eigenvalue weighted by Gasteiger charge is 2.14. The molecule has 0 spiro atoms. The van der Waals surface area contributed by atoms with Crippen LogP contribution in [-0.2, 0) is 13.2 Å². The summed E-state index contributed by atoms with van der Waals surface area (Å²) in [6, 6.07) is 17.6. The predicted molar refractivity (Wildman–Crippen MR) is 113 cm³/mol. The summed E-state index contributed by atoms with van der Waals surface area (Å²) >= 11 is 0. The third-order valence-corrected chi connectivity index (χ3v) is 4.44. The topological polar surface area (TPSA) is 108 Å². The van der Waals surface area contributed by atoms with Crippen molar-refractivity contribution in [3.8, 4) is 5.75 Å². The van der Waals surface area contributed by atoms with E-state index in [-0.39, 0.29) is 18.0 Å². The van der Waals surface area contributed by atoms with Gasteiger partial charge in [0, 0.05) is 12.6 Å². The van der Waals surface area contributed by atoms with Gasteiger partial charge in [-0.1, -0.05) is 24.3 Å². The van der Waals surface area contributed by atoms with Crippen LogP contribution in [0.2, 0.25) is 0 Å². The van der Waals surface area contributed by atoms with Crippen LogP contribution in [0.25, 0.3) is 11.0 Å². The Morgan fingerprint density at radius 1 is 1.20 bits per heavy atom. The van der Waals surface area contributed by atoms with E-state index in [4.69, 9.17) is 9.15 Å². The molecule has 0 aliphatic carbocycles. The highest BCUT2D eigenvalue weighted by Crippen LogP contribution is 2.26. The molecule has 0 amide bonds. The van der Waals surface area contributed by atoms with E-state index in [0.29, 0.717) is 17.5 Å². The Balaban J connectivity index is 1.40. The van der Waals surface area contributed by atoms with Crippen molar-refractivity contribution in [3.63, 3.8) is 0 Å². The molecule has 0 atom stereocenters. The number of nitro benzene ring substituents is 1. The minimum Gasteiger partial charge on any atom is -0.479 e. The molecule has 2 heterocycles. The number of nitrogens with one attached hydrogen (secondary N) is 1. The molecule has 9 nitrogen and oxygen atoms in total. The summed E-state index contributed by atoms with van der Waals surface area (Å²) in [6.45, 7) is 2.86. The first-order valence-corrected chi connectivity index (χ1v) is 9.35. The van der Waals surface area contributed by atoms with Gasteiger partial charge >= 0.3 is 5.69 Å². The Hall–Kier alpha value is -4.14. The van der Waals surface area contributed by atoms with Crippen LogP contribution < -0.4 is 10.2 Å². The van der Waals surface area contributed by atoms with Crippen LogP contribution in [0.1, 0.15) is 18.4 Å². The van der Waals surface area contributed by atoms with E-state index in [1.165, 1.54) is 12.3 Å². The van der Waals surface area contributed by atoms with Gasteiger partial charge in [0.2, 0.25) is 5.95 Å². The quantitative estimate of drug-likeness (QED) is 0.261. The number of nitrogens with zero attached hydrogens (tertiary/aromatic N) is 4. The number of aryl methyl sites for hydroxylation is 1. The highest BCUT2D eigenvalue weighted by atomic mass is 16.6. The number of rotatable bonds is 8. The minimum atomic E-state index is -0.481. The zero-order valence-electron chi connectivity index (χ0n) is 16.2. The Kier molecular flexibility index (Phi) is 5.42. The first-order chi connectivity index (χ1) is 14.7. The lowest BCUT2D eigenvalue weighted by molar-refractivity contribution is -0.386. The van der Waals surface area contributed by atoms with Crippen molar-refractivity contribution in [2.24, 2.45) is 5.10 Å². The number of hydrazone groups is 1. The molecule has 0 unspecified atom stereocenters. The normalized spacial score (nSPS) is 11.2. The van der Waals surface area contributed by atoms with Crippen molar-refractivity contribution in [2.75, 3.05) is 5.43 Å². The van der Waals surface area contributed by atoms with E-state index in [0.717, 1.165) is 17.6 Å². The van der Waals surface area contributed by atoms with Gasteiger partial charge in [0.1, 0.15) is 18.1 Å². The second kappa shape index (κ2) is 8.48. The van der Waals surface area contributed by atoms with Gasteiger partial charge in [-0.3, -0.25) is 10.1 Å². The van der Waals surface area contributed by atoms with Crippen LogP contribution in [-0.4, -0.2) is 20.7 Å². The molecular formula is C21H19N5O4. The second-order valence-corrected chi connectivity index (χ2v) is 6.36. The number of imidazole rings is 1. The average molecular weight is 405 g/mol. The molecule has 0 saturated carbocycles. The summed E-state index contributed by atoms with van der Waals surface area (Å²) in [5.74, 6) is 1.87. The highest BCUT2D eigenvalue weighted by molar-refractivity contribution is 5.79. The number of aromatic nitrogens is 2. The lowest BCUT2D eigenvalue weighted by Crippen LogP contribution is -2.01. The van der Waals surface area contributed by atoms with Gasteiger partial charge in [-0.05, 0) is 37.3 Å². The molecular weight excluding hydrogens is 386 g/mol. The number of fused-ring (bicyclic) bond motifs is 1. The third-order valence-electron chi connectivity index (χ3n) is 4.44. The average Bonchev–Trinajstić information content (AvgIpc) is 3.36. The number of ether oxygens (including phenoxy) is 1. The molecule has 2 aromatic heterocycles. The van der Waals surface area contributed by atoms with Crippen LogP contribution in [0.15, 0.2) is 70.2 Å². The smallest absolute Gasteiger partial charge is 0.310 e. The molecule has 0 aliphatic heterocycles. The fourth-order valence-electron chi connectivity index (χ4n) is 3.05. The Labute approximate surface area is 171 Å². The van der Waals surface area contributed by atoms with E-state index in [1.54, 1.807) is 30.3 Å². The Morgan fingerprint density at radius 3 is 2.83 bits per heavy atom. The van der Waals surface area contributed by atoms with E-state index in [9.17, 15) is 10.1 Å². The maximum absolute atomic E-state index is 11.0. The molecule has 0 saturated heterocycles. The van der Waals surface area contributed by atoms with E-state index in [2.05, 4.69) is 15.5 Å². The third kappa shape index (κ3) is 4.00. The molecule has 4 aromatic rings. The number of hydrogen-bond donors (Lipinski definition) is 1. The van der Waals surface area contributed by atoms with E-state index in [1.807, 2.05) is 35.8 Å². The minimum absolute atomic E-state index is 0.0672. The molecule has 0 bridgehead atoms. The predicted octanol–water partition coefficient (Wildman–Crippen LogP) is 4.58. The number of hydrogen-bond acceptors (Lipinski definition) is 7. The summed E-state index contributed by atoms with van der Waals surface area (Å²) in [5.41, 5.74) is 4.78. The van der Waals surface area contributed by atoms with E-state index >= 15 is 0 Å². The summed E-state index contributed by atoms with van der Waals surface area (Å²) in [5, 5.41) is 15.2. The van der Waals surface area contributed by atoms with Crippen LogP contribution in [0, 0.1) is 10.1 Å². The lowest BCUT2D eigenvalue weighted by Gasteiger charge is -2.04. The summed E-state index contributed by atoms with van der Waals surface area (Å²) in [7, 11) is 0. The van der Waals surface area contributed by atoms with Crippen molar-refractivity contribution in [3.05, 3.63) is 82.3 Å². The molecule has 1 N–H and O–H groups in total. The molecule has 0 radical (unpaired) electrons. The first-order valence-electron chi connectivity index (χ1n) is 9.35. The molecule has 9 heteroatoms. The van der Waals surface area contributed by atoms with Gasteiger partial charge in [-0.25, -0.2) is 10.4 Å². The molecule has 0 fully saturated rings. The summed E-state index contributed by atoms with van der Waals surface area (Å²) in [6.07, 6.45) is 1.54. The zero-order chi connectivity index (χ0) is 20.9. The fraction of sp³-hybridized carbons (Fsp3) is 0.143. The molecule has 0 aliphatic rings. The molecule has 152 valence electrons. The van der Waals surface area contributed by atoms with E-state index < -0.39 is 4.92 Å². The maximum Gasteiger partial charge on any atom is 0.310 e. The van der Waals surface area contributed by atoms with Crippen molar-refractivity contribution in [1.82, 2.24) is 9.55 Å². The largest absolute Gasteiger partial charge is 0.479 e. The van der Waals surface area contributed by atoms with Crippen molar-refractivity contribution < 1.29 is 14.1 Å². The first kappa shape index (κ1) is 19.2. The van der Waals surface area contributed by atoms with Gasteiger partial charge in [-0.2, -0.15) is 5.10 Å². The van der Waals surface area contributed by atoms with Gasteiger partial charge in [0.15, 0.2) is 5.75 Å². The number of furan rings is 1. The standard InChI is InChI=1S/C21H19N5O4/c1-2-25-18-8-4-3-7-17(18)23-21(25)24-22-13-15-11-12-16(30-15)14-29-20-10-6-5-9-19(20)26(27)28/h3-13H,2,14H2,1H3,(H,23,24)/b22-13-. The van der Waals surface area contributed by atoms with Gasteiger partial charge in [0.25, 0.3) is 0 Å². The van der Waals surface area contributed by atoms with Crippen molar-refractivity contribution >= 4 is 28.9 Å². The zero-order valence-corrected chi connectivity index (χ0v) is 16.2. The summed E-state index contributed by atoms with van der Waals surface area (Å²) < 4.78 is 13.2. The summed E-state index contributed by atoms with van der Waals surface area (Å²) in [4.78, 5) is 15.1. The van der Waals surface area contributed by atoms with Crippen LogP contribution in [0.5, 0.6) is 5.75 Å². The van der Waals surface area contributed by atoms with Crippen molar-refractivity contribution in [1.29, 1.82) is 0 Å². The molecule has 30 heavy (non-hydrogen) atoms. The van der Waals surface area contributed by atoms with Crippen molar-refractivity contribution in [2.45, 2.75) is 20.1 Å². The second-order valence-electron chi connectivity index (χ2n) is 6.36. The Morgan fingerprint density at radius 2 is 2.00 bits per heavy atom. The van der Waals surface area contributed by atoms with Crippen LogP contribution in [0.4, 0.5) is 11.6 Å². The number of para-hydroxylation sites is 4. The monoisotopic (exact) mass is 405 g/mol. The fourth-order valence-corrected chi connectivity index (χ4v) is 3.05. The maximum atomic E-state index is 11.0. The SMILES string of the molecule is CCn1c(N/N=C\c2ccc(COc3ccccc3[N+](=O)[O-])o2)nc2ccccc21. The number of anilines is 1.